The first-order valence-electron chi connectivity index (χ1n) is 5.95. The molecule has 4 heteroatoms. The predicted octanol–water partition coefficient (Wildman–Crippen LogP) is 3.46. The SMILES string of the molecule is Fc1ccc(CNCC2CCCC2Cl)cc1F. The Morgan fingerprint density at radius 3 is 2.71 bits per heavy atom. The Morgan fingerprint density at radius 1 is 1.24 bits per heavy atom. The van der Waals surface area contributed by atoms with Gasteiger partial charge in [0.15, 0.2) is 11.6 Å². The molecule has 1 aliphatic carbocycles. The van der Waals surface area contributed by atoms with Gasteiger partial charge in [-0.25, -0.2) is 8.78 Å². The number of alkyl halides is 1. The monoisotopic (exact) mass is 259 g/mol. The predicted molar refractivity (Wildman–Crippen MR) is 65.0 cm³/mol. The van der Waals surface area contributed by atoms with E-state index in [4.69, 9.17) is 11.6 Å². The second-order valence-electron chi connectivity index (χ2n) is 4.59. The zero-order valence-electron chi connectivity index (χ0n) is 9.56. The summed E-state index contributed by atoms with van der Waals surface area (Å²) in [4.78, 5) is 0. The molecule has 1 aromatic rings. The fourth-order valence-corrected chi connectivity index (χ4v) is 2.64. The lowest BCUT2D eigenvalue weighted by molar-refractivity contribution is 0.488. The van der Waals surface area contributed by atoms with E-state index in [2.05, 4.69) is 5.32 Å². The maximum Gasteiger partial charge on any atom is 0.159 e. The molecule has 1 N–H and O–H groups in total. The fraction of sp³-hybridized carbons (Fsp3) is 0.538. The van der Waals surface area contributed by atoms with Crippen molar-refractivity contribution in [2.75, 3.05) is 6.54 Å². The van der Waals surface area contributed by atoms with Crippen molar-refractivity contribution in [3.05, 3.63) is 35.4 Å². The molecular weight excluding hydrogens is 244 g/mol. The van der Waals surface area contributed by atoms with E-state index in [1.165, 1.54) is 12.5 Å². The summed E-state index contributed by atoms with van der Waals surface area (Å²) < 4.78 is 25.7. The summed E-state index contributed by atoms with van der Waals surface area (Å²) in [7, 11) is 0. The van der Waals surface area contributed by atoms with Crippen molar-refractivity contribution in [3.63, 3.8) is 0 Å². The van der Waals surface area contributed by atoms with Crippen LogP contribution in [0, 0.1) is 17.6 Å². The van der Waals surface area contributed by atoms with Crippen LogP contribution in [0.4, 0.5) is 8.78 Å². The van der Waals surface area contributed by atoms with Crippen LogP contribution in [0.1, 0.15) is 24.8 Å². The van der Waals surface area contributed by atoms with E-state index in [1.807, 2.05) is 0 Å². The highest BCUT2D eigenvalue weighted by Crippen LogP contribution is 2.29. The molecule has 1 nitrogen and oxygen atoms in total. The van der Waals surface area contributed by atoms with Crippen molar-refractivity contribution in [2.24, 2.45) is 5.92 Å². The molecule has 2 rings (SSSR count). The molecular formula is C13H16ClF2N. The first-order valence-corrected chi connectivity index (χ1v) is 6.39. The number of benzene rings is 1. The number of hydrogen-bond donors (Lipinski definition) is 1. The average Bonchev–Trinajstić information content (AvgIpc) is 2.70. The highest BCUT2D eigenvalue weighted by molar-refractivity contribution is 6.20. The number of nitrogens with one attached hydrogen (secondary N) is 1. The second-order valence-corrected chi connectivity index (χ2v) is 5.15. The Bertz CT molecular complexity index is 384. The molecule has 0 amide bonds. The van der Waals surface area contributed by atoms with Gasteiger partial charge in [0.2, 0.25) is 0 Å². The van der Waals surface area contributed by atoms with Gasteiger partial charge in [-0.05, 0) is 43.0 Å². The van der Waals surface area contributed by atoms with Crippen LogP contribution in [0.5, 0.6) is 0 Å². The molecule has 1 fully saturated rings. The summed E-state index contributed by atoms with van der Waals surface area (Å²) in [5.41, 5.74) is 0.757. The molecule has 0 bridgehead atoms. The molecule has 1 saturated carbocycles. The van der Waals surface area contributed by atoms with Crippen LogP contribution < -0.4 is 5.32 Å². The van der Waals surface area contributed by atoms with Crippen molar-refractivity contribution >= 4 is 11.6 Å². The van der Waals surface area contributed by atoms with Gasteiger partial charge in [-0.1, -0.05) is 12.5 Å². The van der Waals surface area contributed by atoms with Gasteiger partial charge in [-0.15, -0.1) is 11.6 Å². The zero-order valence-corrected chi connectivity index (χ0v) is 10.3. The Balaban J connectivity index is 1.79. The van der Waals surface area contributed by atoms with Crippen molar-refractivity contribution in [2.45, 2.75) is 31.2 Å². The van der Waals surface area contributed by atoms with E-state index >= 15 is 0 Å². The van der Waals surface area contributed by atoms with Crippen molar-refractivity contribution in [1.82, 2.24) is 5.32 Å². The van der Waals surface area contributed by atoms with Crippen LogP contribution in [-0.4, -0.2) is 11.9 Å². The van der Waals surface area contributed by atoms with Crippen LogP contribution in [0.25, 0.3) is 0 Å². The normalized spacial score (nSPS) is 24.2. The van der Waals surface area contributed by atoms with E-state index in [0.29, 0.717) is 12.5 Å². The lowest BCUT2D eigenvalue weighted by Gasteiger charge is -2.14. The number of halogens is 3. The molecule has 0 saturated heterocycles. The molecule has 0 spiro atoms. The molecule has 2 unspecified atom stereocenters. The van der Waals surface area contributed by atoms with Gasteiger partial charge in [0.25, 0.3) is 0 Å². The van der Waals surface area contributed by atoms with Crippen LogP contribution in [0.3, 0.4) is 0 Å². The minimum absolute atomic E-state index is 0.257. The molecule has 1 aliphatic rings. The van der Waals surface area contributed by atoms with Gasteiger partial charge in [0.05, 0.1) is 0 Å². The standard InChI is InChI=1S/C13H16ClF2N/c14-11-3-1-2-10(11)8-17-7-9-4-5-12(15)13(16)6-9/h4-6,10-11,17H,1-3,7-8H2. The van der Waals surface area contributed by atoms with Crippen LogP contribution in [-0.2, 0) is 6.54 Å². The van der Waals surface area contributed by atoms with Crippen LogP contribution >= 0.6 is 11.6 Å². The molecule has 17 heavy (non-hydrogen) atoms. The average molecular weight is 260 g/mol. The maximum atomic E-state index is 12.9. The third-order valence-corrected chi connectivity index (χ3v) is 3.86. The third kappa shape index (κ3) is 3.39. The molecule has 94 valence electrons. The highest BCUT2D eigenvalue weighted by atomic mass is 35.5. The van der Waals surface area contributed by atoms with Gasteiger partial charge in [0.1, 0.15) is 0 Å². The van der Waals surface area contributed by atoms with E-state index in [0.717, 1.165) is 31.0 Å². The second kappa shape index (κ2) is 5.78. The topological polar surface area (TPSA) is 12.0 Å². The Kier molecular flexibility index (Phi) is 4.35. The first kappa shape index (κ1) is 12.8. The van der Waals surface area contributed by atoms with Gasteiger partial charge in [-0.3, -0.25) is 0 Å². The maximum absolute atomic E-state index is 12.9. The minimum atomic E-state index is -0.801. The minimum Gasteiger partial charge on any atom is -0.312 e. The Labute approximate surface area is 105 Å². The molecule has 2 atom stereocenters. The van der Waals surface area contributed by atoms with Crippen molar-refractivity contribution in [3.8, 4) is 0 Å². The summed E-state index contributed by atoms with van der Waals surface area (Å²) in [6, 6.07) is 3.99. The van der Waals surface area contributed by atoms with Crippen LogP contribution in [0.15, 0.2) is 18.2 Å². The molecule has 0 aromatic heterocycles. The van der Waals surface area contributed by atoms with Gasteiger partial charge in [-0.2, -0.15) is 0 Å². The lowest BCUT2D eigenvalue weighted by Crippen LogP contribution is -2.25. The zero-order chi connectivity index (χ0) is 12.3. The van der Waals surface area contributed by atoms with E-state index in [-0.39, 0.29) is 5.38 Å². The Hall–Kier alpha value is -0.670. The molecule has 0 radical (unpaired) electrons. The smallest absolute Gasteiger partial charge is 0.159 e. The Morgan fingerprint density at radius 2 is 2.06 bits per heavy atom. The third-order valence-electron chi connectivity index (χ3n) is 3.29. The largest absolute Gasteiger partial charge is 0.312 e. The van der Waals surface area contributed by atoms with Crippen molar-refractivity contribution < 1.29 is 8.78 Å². The van der Waals surface area contributed by atoms with Gasteiger partial charge in [0, 0.05) is 11.9 Å². The summed E-state index contributed by atoms with van der Waals surface area (Å²) in [6.07, 6.45) is 3.42. The lowest BCUT2D eigenvalue weighted by atomic mass is 10.1. The van der Waals surface area contributed by atoms with E-state index < -0.39 is 11.6 Å². The number of hydrogen-bond acceptors (Lipinski definition) is 1. The highest BCUT2D eigenvalue weighted by Gasteiger charge is 2.24. The van der Waals surface area contributed by atoms with Crippen LogP contribution in [0.2, 0.25) is 0 Å². The first-order chi connectivity index (χ1) is 8.16. The molecule has 0 heterocycles. The summed E-state index contributed by atoms with van der Waals surface area (Å²) in [6.45, 7) is 1.39. The fourth-order valence-electron chi connectivity index (χ4n) is 2.27. The molecule has 1 aromatic carbocycles. The van der Waals surface area contributed by atoms with E-state index in [9.17, 15) is 8.78 Å². The van der Waals surface area contributed by atoms with Crippen molar-refractivity contribution in [1.29, 1.82) is 0 Å². The van der Waals surface area contributed by atoms with E-state index in [1.54, 1.807) is 6.07 Å². The van der Waals surface area contributed by atoms with Gasteiger partial charge < -0.3 is 5.32 Å². The quantitative estimate of drug-likeness (QED) is 0.817. The summed E-state index contributed by atoms with van der Waals surface area (Å²) >= 11 is 6.16. The number of rotatable bonds is 4. The summed E-state index contributed by atoms with van der Waals surface area (Å²) in [5.74, 6) is -1.09. The van der Waals surface area contributed by atoms with Gasteiger partial charge >= 0.3 is 0 Å². The summed E-state index contributed by atoms with van der Waals surface area (Å²) in [5, 5.41) is 3.50. The molecule has 0 aliphatic heterocycles.